The molecule has 2 fully saturated rings. The molecule has 1 aromatic rings. The summed E-state index contributed by atoms with van der Waals surface area (Å²) in [6, 6.07) is 2.44. The van der Waals surface area contributed by atoms with E-state index in [-0.39, 0.29) is 6.04 Å². The van der Waals surface area contributed by atoms with Crippen molar-refractivity contribution in [1.29, 1.82) is 0 Å². The number of imide groups is 1. The molecular formula is C19H29N5O2. The van der Waals surface area contributed by atoms with E-state index in [1.54, 1.807) is 0 Å². The van der Waals surface area contributed by atoms with Gasteiger partial charge in [-0.15, -0.1) is 0 Å². The maximum Gasteiger partial charge on any atom is 0.261 e. The lowest BCUT2D eigenvalue weighted by atomic mass is 10.00. The van der Waals surface area contributed by atoms with Gasteiger partial charge in [0.25, 0.3) is 5.91 Å². The summed E-state index contributed by atoms with van der Waals surface area (Å²) >= 11 is 0. The topological polar surface area (TPSA) is 105 Å². The summed E-state index contributed by atoms with van der Waals surface area (Å²) in [6.45, 7) is 5.90. The third-order valence-electron chi connectivity index (χ3n) is 5.73. The fraction of sp³-hybridized carbons (Fsp3) is 0.579. The van der Waals surface area contributed by atoms with Crippen LogP contribution >= 0.6 is 0 Å². The summed E-state index contributed by atoms with van der Waals surface area (Å²) in [4.78, 5) is 27.7. The zero-order chi connectivity index (χ0) is 19.0. The van der Waals surface area contributed by atoms with Crippen molar-refractivity contribution in [2.75, 3.05) is 35.7 Å². The third-order valence-corrected chi connectivity index (χ3v) is 5.73. The Morgan fingerprint density at radius 2 is 2.12 bits per heavy atom. The van der Waals surface area contributed by atoms with E-state index in [0.717, 1.165) is 49.3 Å². The molecule has 2 unspecified atom stereocenters. The summed E-state index contributed by atoms with van der Waals surface area (Å²) < 4.78 is 0. The molecule has 0 spiro atoms. The molecule has 1 aromatic carbocycles. The Hall–Kier alpha value is -2.28. The fourth-order valence-electron chi connectivity index (χ4n) is 3.99. The van der Waals surface area contributed by atoms with Gasteiger partial charge in [-0.05, 0) is 50.7 Å². The van der Waals surface area contributed by atoms with E-state index >= 15 is 0 Å². The maximum absolute atomic E-state index is 12.5. The Bertz CT molecular complexity index is 714. The predicted molar refractivity (Wildman–Crippen MR) is 105 cm³/mol. The van der Waals surface area contributed by atoms with Gasteiger partial charge in [-0.25, -0.2) is 0 Å². The van der Waals surface area contributed by atoms with Crippen LogP contribution in [-0.4, -0.2) is 44.5 Å². The number of carbonyl (C=O) groups is 2. The molecule has 1 heterocycles. The number of hydrogen-bond donors (Lipinski definition) is 3. The molecule has 26 heavy (non-hydrogen) atoms. The Labute approximate surface area is 154 Å². The average molecular weight is 359 g/mol. The van der Waals surface area contributed by atoms with E-state index in [2.05, 4.69) is 22.0 Å². The molecule has 0 radical (unpaired) electrons. The highest BCUT2D eigenvalue weighted by atomic mass is 16.2. The molecular weight excluding hydrogens is 330 g/mol. The molecule has 2 atom stereocenters. The molecule has 142 valence electrons. The first kappa shape index (κ1) is 18.5. The minimum atomic E-state index is -0.454. The van der Waals surface area contributed by atoms with Crippen LogP contribution in [0.3, 0.4) is 0 Å². The quantitative estimate of drug-likeness (QED) is 0.521. The molecule has 1 aliphatic carbocycles. The summed E-state index contributed by atoms with van der Waals surface area (Å²) in [5.74, 6) is 0.00260. The highest BCUT2D eigenvalue weighted by Crippen LogP contribution is 2.42. The number of nitrogens with two attached hydrogens (primary N) is 2. The zero-order valence-corrected chi connectivity index (χ0v) is 15.8. The fourth-order valence-corrected chi connectivity index (χ4v) is 3.99. The van der Waals surface area contributed by atoms with Crippen molar-refractivity contribution in [2.24, 2.45) is 11.7 Å². The van der Waals surface area contributed by atoms with Crippen LogP contribution in [0.5, 0.6) is 0 Å². The largest absolute Gasteiger partial charge is 0.398 e. The van der Waals surface area contributed by atoms with Crippen LogP contribution < -0.4 is 26.6 Å². The number of nitrogens with one attached hydrogen (secondary N) is 1. The Morgan fingerprint density at radius 3 is 2.65 bits per heavy atom. The molecule has 1 aliphatic heterocycles. The molecule has 1 saturated heterocycles. The van der Waals surface area contributed by atoms with Crippen molar-refractivity contribution in [2.45, 2.75) is 45.2 Å². The van der Waals surface area contributed by atoms with Crippen molar-refractivity contribution >= 4 is 29.4 Å². The minimum Gasteiger partial charge on any atom is -0.398 e. The molecule has 7 heteroatoms. The smallest absolute Gasteiger partial charge is 0.261 e. The van der Waals surface area contributed by atoms with E-state index in [1.165, 1.54) is 0 Å². The monoisotopic (exact) mass is 359 g/mol. The summed E-state index contributed by atoms with van der Waals surface area (Å²) in [6.07, 6.45) is 3.66. The van der Waals surface area contributed by atoms with Gasteiger partial charge in [-0.1, -0.05) is 0 Å². The third kappa shape index (κ3) is 3.35. The molecule has 2 amide bonds. The zero-order valence-electron chi connectivity index (χ0n) is 15.8. The molecule has 2 aliphatic rings. The first-order valence-electron chi connectivity index (χ1n) is 9.26. The van der Waals surface area contributed by atoms with E-state index in [1.807, 2.05) is 20.0 Å². The number of nitrogen functional groups attached to an aromatic ring is 1. The van der Waals surface area contributed by atoms with Crippen molar-refractivity contribution in [3.63, 3.8) is 0 Å². The molecule has 0 bridgehead atoms. The van der Waals surface area contributed by atoms with Crippen LogP contribution in [0.2, 0.25) is 0 Å². The second-order valence-electron chi connectivity index (χ2n) is 7.62. The van der Waals surface area contributed by atoms with Gasteiger partial charge >= 0.3 is 0 Å². The van der Waals surface area contributed by atoms with Gasteiger partial charge in [-0.2, -0.15) is 0 Å². The van der Waals surface area contributed by atoms with Crippen molar-refractivity contribution < 1.29 is 9.59 Å². The molecule has 3 rings (SSSR count). The number of carbonyl (C=O) groups excluding carboxylic acids is 2. The lowest BCUT2D eigenvalue weighted by Gasteiger charge is -2.30. The van der Waals surface area contributed by atoms with E-state index in [0.29, 0.717) is 29.6 Å². The summed E-state index contributed by atoms with van der Waals surface area (Å²) in [5, 5.41) is 2.24. The molecule has 1 saturated carbocycles. The van der Waals surface area contributed by atoms with E-state index < -0.39 is 5.91 Å². The van der Waals surface area contributed by atoms with Crippen LogP contribution in [0.15, 0.2) is 6.07 Å². The van der Waals surface area contributed by atoms with Gasteiger partial charge in [0.15, 0.2) is 0 Å². The minimum absolute atomic E-state index is 0.156. The van der Waals surface area contributed by atoms with E-state index in [4.69, 9.17) is 11.5 Å². The van der Waals surface area contributed by atoms with Gasteiger partial charge in [-0.3, -0.25) is 14.9 Å². The van der Waals surface area contributed by atoms with Crippen LogP contribution in [0.1, 0.15) is 42.1 Å². The first-order chi connectivity index (χ1) is 12.3. The van der Waals surface area contributed by atoms with Gasteiger partial charge < -0.3 is 21.3 Å². The van der Waals surface area contributed by atoms with E-state index in [9.17, 15) is 9.59 Å². The Morgan fingerprint density at radius 1 is 1.42 bits per heavy atom. The van der Waals surface area contributed by atoms with Gasteiger partial charge in [0, 0.05) is 43.6 Å². The molecule has 0 aromatic heterocycles. The first-order valence-corrected chi connectivity index (χ1v) is 9.26. The number of nitrogens with zero attached hydrogens (tertiary/aromatic N) is 2. The van der Waals surface area contributed by atoms with Crippen LogP contribution in [0.25, 0.3) is 0 Å². The Kier molecular flexibility index (Phi) is 5.09. The number of hydrogen-bond acceptors (Lipinski definition) is 6. The van der Waals surface area contributed by atoms with Gasteiger partial charge in [0.1, 0.15) is 0 Å². The SMILES string of the molecule is Cc1c(N2CCC(C(C)N)C2)cc(N)c(C(=O)NC=O)c1N(C)C1CC1. The van der Waals surface area contributed by atoms with Crippen molar-refractivity contribution in [3.05, 3.63) is 17.2 Å². The summed E-state index contributed by atoms with van der Waals surface area (Å²) in [5.41, 5.74) is 16.1. The number of rotatable bonds is 6. The van der Waals surface area contributed by atoms with Crippen LogP contribution in [0.4, 0.5) is 17.1 Å². The normalized spacial score (nSPS) is 20.8. The maximum atomic E-state index is 12.5. The lowest BCUT2D eigenvalue weighted by molar-refractivity contribution is -0.108. The number of benzene rings is 1. The van der Waals surface area contributed by atoms with Crippen LogP contribution in [-0.2, 0) is 4.79 Å². The molecule has 7 nitrogen and oxygen atoms in total. The number of amides is 2. The van der Waals surface area contributed by atoms with Gasteiger partial charge in [0.05, 0.1) is 11.3 Å². The standard InChI is InChI=1S/C19H29N5O2/c1-11-16(24-7-6-13(9-24)12(2)20)8-15(21)17(19(26)22-10-25)18(11)23(3)14-4-5-14/h8,10,12-14H,4-7,9,20-21H2,1-3H3,(H,22,25,26). The predicted octanol–water partition coefficient (Wildman–Crippen LogP) is 1.24. The average Bonchev–Trinajstić information content (AvgIpc) is 3.32. The second-order valence-corrected chi connectivity index (χ2v) is 7.62. The van der Waals surface area contributed by atoms with Gasteiger partial charge in [0.2, 0.25) is 6.41 Å². The number of anilines is 3. The lowest BCUT2D eigenvalue weighted by Crippen LogP contribution is -2.32. The second kappa shape index (κ2) is 7.15. The highest BCUT2D eigenvalue weighted by Gasteiger charge is 2.33. The Balaban J connectivity index is 2.05. The highest BCUT2D eigenvalue weighted by molar-refractivity contribution is 6.09. The van der Waals surface area contributed by atoms with Crippen molar-refractivity contribution in [3.8, 4) is 0 Å². The van der Waals surface area contributed by atoms with Crippen molar-refractivity contribution in [1.82, 2.24) is 5.32 Å². The molecule has 5 N–H and O–H groups in total. The summed E-state index contributed by atoms with van der Waals surface area (Å²) in [7, 11) is 2.00. The van der Waals surface area contributed by atoms with Crippen LogP contribution in [0, 0.1) is 12.8 Å².